The average Bonchev–Trinajstić information content (AvgIpc) is 2.93. The Labute approximate surface area is 150 Å². The summed E-state index contributed by atoms with van der Waals surface area (Å²) < 4.78 is 59.4. The molecule has 142 valence electrons. The number of nitrogens with two attached hydrogens (primary N) is 1. The summed E-state index contributed by atoms with van der Waals surface area (Å²) in [7, 11) is -6.99. The van der Waals surface area contributed by atoms with Gasteiger partial charge < -0.3 is 15.2 Å². The van der Waals surface area contributed by atoms with E-state index in [0.29, 0.717) is 9.84 Å². The Bertz CT molecular complexity index is 1040. The highest BCUT2D eigenvalue weighted by atomic mass is 32.2. The molecule has 2 aromatic rings. The lowest BCUT2D eigenvalue weighted by Crippen LogP contribution is -2.18. The van der Waals surface area contributed by atoms with Crippen LogP contribution in [0.15, 0.2) is 34.2 Å². The summed E-state index contributed by atoms with van der Waals surface area (Å²) in [5.41, 5.74) is 5.12. The summed E-state index contributed by atoms with van der Waals surface area (Å²) in [6, 6.07) is 5.27. The highest BCUT2D eigenvalue weighted by molar-refractivity contribution is 7.91. The van der Waals surface area contributed by atoms with Crippen molar-refractivity contribution in [2.24, 2.45) is 0 Å². The molecule has 0 aliphatic carbocycles. The Balaban J connectivity index is 2.71. The maximum Gasteiger partial charge on any atom is 0.344 e. The molecule has 0 fully saturated rings. The molecule has 1 aromatic carbocycles. The maximum atomic E-state index is 12.8. The Morgan fingerprint density at radius 1 is 1.19 bits per heavy atom. The minimum Gasteiger partial charge on any atom is -0.497 e. The molecule has 0 saturated heterocycles. The van der Waals surface area contributed by atoms with E-state index in [-0.39, 0.29) is 11.5 Å². The van der Waals surface area contributed by atoms with E-state index in [1.54, 1.807) is 0 Å². The summed E-state index contributed by atoms with van der Waals surface area (Å²) in [5, 5.41) is 2.79. The lowest BCUT2D eigenvalue weighted by molar-refractivity contribution is 0.0523. The number of methoxy groups -OCH3 is 1. The van der Waals surface area contributed by atoms with Gasteiger partial charge in [0.15, 0.2) is 20.7 Å². The summed E-state index contributed by atoms with van der Waals surface area (Å²) >= 11 is 0. The summed E-state index contributed by atoms with van der Waals surface area (Å²) in [4.78, 5) is 11.8. The number of carbonyl (C=O) groups is 1. The monoisotopic (exact) mass is 403 g/mol. The van der Waals surface area contributed by atoms with Crippen LogP contribution >= 0.6 is 0 Å². The van der Waals surface area contributed by atoms with Gasteiger partial charge in [0, 0.05) is 6.26 Å². The molecule has 0 aliphatic rings. The van der Waals surface area contributed by atoms with E-state index in [2.05, 4.69) is 5.10 Å². The van der Waals surface area contributed by atoms with Crippen molar-refractivity contribution in [3.63, 3.8) is 0 Å². The molecule has 2 rings (SSSR count). The number of ether oxygens (including phenoxy) is 2. The molecule has 0 radical (unpaired) electrons. The third kappa shape index (κ3) is 3.51. The van der Waals surface area contributed by atoms with E-state index in [1.165, 1.54) is 38.3 Å². The van der Waals surface area contributed by atoms with Crippen molar-refractivity contribution in [2.45, 2.75) is 16.8 Å². The average molecular weight is 403 g/mol. The standard InChI is InChI=1S/C14H17N3O7S2/c1-4-24-14(18)11-12(15)17(16-13(11)25(3,19)20)26(21,22)10-7-5-9(23-2)6-8-10/h5-8H,4,15H2,1-3H3. The van der Waals surface area contributed by atoms with Gasteiger partial charge in [-0.05, 0) is 31.2 Å². The fraction of sp³-hybridized carbons (Fsp3) is 0.286. The van der Waals surface area contributed by atoms with E-state index >= 15 is 0 Å². The molecule has 12 heteroatoms. The van der Waals surface area contributed by atoms with Crippen LogP contribution in [0.4, 0.5) is 5.82 Å². The first kappa shape index (κ1) is 19.7. The van der Waals surface area contributed by atoms with Gasteiger partial charge in [0.1, 0.15) is 11.3 Å². The molecular weight excluding hydrogens is 386 g/mol. The molecule has 0 aliphatic heterocycles. The Hall–Kier alpha value is -2.60. The van der Waals surface area contributed by atoms with Gasteiger partial charge in [-0.2, -0.15) is 8.42 Å². The van der Waals surface area contributed by atoms with Crippen LogP contribution in [0, 0.1) is 0 Å². The van der Waals surface area contributed by atoms with Crippen LogP contribution in [0.5, 0.6) is 5.75 Å². The molecule has 0 amide bonds. The zero-order chi connectivity index (χ0) is 19.7. The van der Waals surface area contributed by atoms with Gasteiger partial charge >= 0.3 is 5.97 Å². The normalized spacial score (nSPS) is 12.0. The van der Waals surface area contributed by atoms with Crippen LogP contribution in [0.3, 0.4) is 0 Å². The third-order valence-corrected chi connectivity index (χ3v) is 5.86. The Morgan fingerprint density at radius 3 is 2.23 bits per heavy atom. The van der Waals surface area contributed by atoms with Crippen molar-refractivity contribution in [1.29, 1.82) is 0 Å². The maximum absolute atomic E-state index is 12.8. The summed E-state index contributed by atoms with van der Waals surface area (Å²) in [6.07, 6.45) is 0.780. The van der Waals surface area contributed by atoms with Gasteiger partial charge in [-0.15, -0.1) is 9.19 Å². The number of benzene rings is 1. The molecule has 0 spiro atoms. The second kappa shape index (κ2) is 6.96. The minimum atomic E-state index is -4.35. The molecule has 1 aromatic heterocycles. The molecule has 26 heavy (non-hydrogen) atoms. The first-order chi connectivity index (χ1) is 12.0. The fourth-order valence-corrected chi connectivity index (χ4v) is 4.14. The highest BCUT2D eigenvalue weighted by Crippen LogP contribution is 2.27. The first-order valence-electron chi connectivity index (χ1n) is 7.19. The number of aromatic nitrogens is 2. The fourth-order valence-electron chi connectivity index (χ4n) is 2.08. The SMILES string of the molecule is CCOC(=O)c1c(S(C)(=O)=O)nn(S(=O)(=O)c2ccc(OC)cc2)c1N. The molecule has 0 bridgehead atoms. The van der Waals surface area contributed by atoms with Crippen LogP contribution in [-0.2, 0) is 24.6 Å². The van der Waals surface area contributed by atoms with E-state index < -0.39 is 42.2 Å². The predicted octanol–water partition coefficient (Wildman–Crippen LogP) is 0.291. The first-order valence-corrected chi connectivity index (χ1v) is 10.5. The van der Waals surface area contributed by atoms with Crippen LogP contribution in [0.25, 0.3) is 0 Å². The second-order valence-corrected chi connectivity index (χ2v) is 8.78. The van der Waals surface area contributed by atoms with E-state index in [4.69, 9.17) is 15.2 Å². The molecule has 10 nitrogen and oxygen atoms in total. The van der Waals surface area contributed by atoms with Gasteiger partial charge in [0.05, 0.1) is 18.6 Å². The van der Waals surface area contributed by atoms with Crippen molar-refractivity contribution in [3.8, 4) is 5.75 Å². The molecule has 0 atom stereocenters. The number of rotatable bonds is 6. The van der Waals surface area contributed by atoms with E-state index in [9.17, 15) is 21.6 Å². The lowest BCUT2D eigenvalue weighted by Gasteiger charge is -2.07. The Morgan fingerprint density at radius 2 is 1.77 bits per heavy atom. The van der Waals surface area contributed by atoms with Crippen molar-refractivity contribution in [1.82, 2.24) is 9.19 Å². The highest BCUT2D eigenvalue weighted by Gasteiger charge is 2.33. The molecule has 0 saturated carbocycles. The Kier molecular flexibility index (Phi) is 5.28. The number of esters is 1. The zero-order valence-corrected chi connectivity index (χ0v) is 15.8. The van der Waals surface area contributed by atoms with Gasteiger partial charge in [0.2, 0.25) is 0 Å². The van der Waals surface area contributed by atoms with Gasteiger partial charge in [-0.1, -0.05) is 0 Å². The van der Waals surface area contributed by atoms with Gasteiger partial charge in [-0.25, -0.2) is 13.2 Å². The smallest absolute Gasteiger partial charge is 0.344 e. The van der Waals surface area contributed by atoms with Crippen LogP contribution < -0.4 is 10.5 Å². The van der Waals surface area contributed by atoms with Gasteiger partial charge in [-0.3, -0.25) is 0 Å². The number of sulfone groups is 1. The molecule has 2 N–H and O–H groups in total. The van der Waals surface area contributed by atoms with Crippen molar-refractivity contribution < 1.29 is 31.1 Å². The topological polar surface area (TPSA) is 148 Å². The minimum absolute atomic E-state index is 0.0577. The number of hydrogen-bond acceptors (Lipinski definition) is 9. The van der Waals surface area contributed by atoms with Gasteiger partial charge in [0.25, 0.3) is 10.0 Å². The summed E-state index contributed by atoms with van der Waals surface area (Å²) in [6.45, 7) is 1.45. The van der Waals surface area contributed by atoms with E-state index in [1.807, 2.05) is 0 Å². The number of carbonyl (C=O) groups excluding carboxylic acids is 1. The third-order valence-electron chi connectivity index (χ3n) is 3.27. The molecule has 0 unspecified atom stereocenters. The number of nitrogen functional groups attached to an aromatic ring is 1. The van der Waals surface area contributed by atoms with E-state index in [0.717, 1.165) is 6.26 Å². The van der Waals surface area contributed by atoms with Crippen molar-refractivity contribution in [3.05, 3.63) is 29.8 Å². The van der Waals surface area contributed by atoms with Crippen molar-refractivity contribution in [2.75, 3.05) is 25.7 Å². The van der Waals surface area contributed by atoms with Crippen LogP contribution in [0.1, 0.15) is 17.3 Å². The largest absolute Gasteiger partial charge is 0.497 e. The quantitative estimate of drug-likeness (QED) is 0.672. The number of hydrogen-bond donors (Lipinski definition) is 1. The number of anilines is 1. The number of nitrogens with zero attached hydrogens (tertiary/aromatic N) is 2. The van der Waals surface area contributed by atoms with Crippen LogP contribution in [0.2, 0.25) is 0 Å². The second-order valence-electron chi connectivity index (χ2n) is 5.08. The lowest BCUT2D eigenvalue weighted by atomic mass is 10.3. The molecular formula is C14H17N3O7S2. The summed E-state index contributed by atoms with van der Waals surface area (Å²) in [5.74, 6) is -1.32. The van der Waals surface area contributed by atoms with Crippen LogP contribution in [-0.4, -0.2) is 52.0 Å². The molecule has 1 heterocycles. The zero-order valence-electron chi connectivity index (χ0n) is 14.2. The predicted molar refractivity (Wildman–Crippen MR) is 91.3 cm³/mol. The van der Waals surface area contributed by atoms with Crippen molar-refractivity contribution >= 4 is 31.6 Å².